The highest BCUT2D eigenvalue weighted by Crippen LogP contribution is 2.31. The lowest BCUT2D eigenvalue weighted by Crippen LogP contribution is -2.17. The van der Waals surface area contributed by atoms with Crippen LogP contribution in [0.15, 0.2) is 48.5 Å². The zero-order valence-corrected chi connectivity index (χ0v) is 11.0. The molecule has 1 saturated heterocycles. The number of hydrogen-bond donors (Lipinski definition) is 0. The molecule has 3 rings (SSSR count). The van der Waals surface area contributed by atoms with Crippen LogP contribution in [0.25, 0.3) is 11.1 Å². The van der Waals surface area contributed by atoms with Gasteiger partial charge in [-0.15, -0.1) is 0 Å². The summed E-state index contributed by atoms with van der Waals surface area (Å²) >= 11 is 6.24. The van der Waals surface area contributed by atoms with Crippen LogP contribution < -0.4 is 4.90 Å². The summed E-state index contributed by atoms with van der Waals surface area (Å²) in [6.07, 6.45) is 2.55. The third-order valence-corrected chi connectivity index (χ3v) is 3.75. The van der Waals surface area contributed by atoms with Gasteiger partial charge in [0.1, 0.15) is 0 Å². The summed E-state index contributed by atoms with van der Waals surface area (Å²) in [6.45, 7) is 2.28. The standard InChI is InChI=1S/C16H16ClN/c17-16-9-2-1-8-15(16)13-6-5-7-14(12-13)18-10-3-4-11-18/h1-2,5-9,12H,3-4,10-11H2/i2D. The molecule has 0 amide bonds. The minimum atomic E-state index is 0.449. The molecule has 0 radical (unpaired) electrons. The molecule has 0 N–H and O–H groups in total. The summed E-state index contributed by atoms with van der Waals surface area (Å²) in [6, 6.07) is 14.3. The zero-order chi connectivity index (χ0) is 13.2. The molecule has 1 fully saturated rings. The van der Waals surface area contributed by atoms with Crippen molar-refractivity contribution >= 4 is 17.3 Å². The first-order valence-electron chi connectivity index (χ1n) is 6.85. The van der Waals surface area contributed by atoms with Gasteiger partial charge in [-0.1, -0.05) is 41.9 Å². The molecule has 0 bridgehead atoms. The van der Waals surface area contributed by atoms with Gasteiger partial charge in [0.15, 0.2) is 0 Å². The van der Waals surface area contributed by atoms with Gasteiger partial charge < -0.3 is 4.90 Å². The largest absolute Gasteiger partial charge is 0.372 e. The Hall–Kier alpha value is -1.47. The Balaban J connectivity index is 1.98. The fourth-order valence-corrected chi connectivity index (χ4v) is 2.72. The van der Waals surface area contributed by atoms with Crippen LogP contribution in [0.5, 0.6) is 0 Å². The third-order valence-electron chi connectivity index (χ3n) is 3.44. The van der Waals surface area contributed by atoms with E-state index in [0.717, 1.165) is 24.2 Å². The minimum Gasteiger partial charge on any atom is -0.372 e. The summed E-state index contributed by atoms with van der Waals surface area (Å²) in [5, 5.41) is 0.645. The third kappa shape index (κ3) is 2.23. The highest BCUT2D eigenvalue weighted by atomic mass is 35.5. The van der Waals surface area contributed by atoms with Gasteiger partial charge in [0, 0.05) is 29.4 Å². The van der Waals surface area contributed by atoms with Gasteiger partial charge in [0.05, 0.1) is 1.37 Å². The molecular weight excluding hydrogens is 242 g/mol. The second kappa shape index (κ2) is 5.03. The van der Waals surface area contributed by atoms with Crippen LogP contribution in [0.1, 0.15) is 14.2 Å². The van der Waals surface area contributed by atoms with Gasteiger partial charge in [-0.05, 0) is 36.6 Å². The monoisotopic (exact) mass is 258 g/mol. The van der Waals surface area contributed by atoms with Crippen LogP contribution in [-0.2, 0) is 0 Å². The molecule has 1 aliphatic rings. The molecule has 0 unspecified atom stereocenters. The number of hydrogen-bond acceptors (Lipinski definition) is 1. The first-order valence-corrected chi connectivity index (χ1v) is 6.73. The smallest absolute Gasteiger partial charge is 0.0623 e. The van der Waals surface area contributed by atoms with Crippen molar-refractivity contribution in [1.29, 1.82) is 0 Å². The lowest BCUT2D eigenvalue weighted by atomic mass is 10.0. The van der Waals surface area contributed by atoms with E-state index < -0.39 is 0 Å². The van der Waals surface area contributed by atoms with Crippen LogP contribution in [0.2, 0.25) is 5.02 Å². The zero-order valence-electron chi connectivity index (χ0n) is 11.2. The molecule has 0 saturated carbocycles. The average Bonchev–Trinajstić information content (AvgIpc) is 2.93. The molecule has 1 nitrogen and oxygen atoms in total. The summed E-state index contributed by atoms with van der Waals surface area (Å²) in [5.74, 6) is 0. The van der Waals surface area contributed by atoms with Crippen molar-refractivity contribution in [3.8, 4) is 11.1 Å². The highest BCUT2D eigenvalue weighted by molar-refractivity contribution is 6.33. The van der Waals surface area contributed by atoms with Crippen molar-refractivity contribution in [1.82, 2.24) is 0 Å². The van der Waals surface area contributed by atoms with Gasteiger partial charge in [-0.3, -0.25) is 0 Å². The maximum Gasteiger partial charge on any atom is 0.0623 e. The van der Waals surface area contributed by atoms with Gasteiger partial charge in [0.25, 0.3) is 0 Å². The fourth-order valence-electron chi connectivity index (χ4n) is 2.49. The van der Waals surface area contributed by atoms with Crippen molar-refractivity contribution < 1.29 is 1.37 Å². The second-order valence-corrected chi connectivity index (χ2v) is 5.06. The van der Waals surface area contributed by atoms with Gasteiger partial charge in [-0.2, -0.15) is 0 Å². The quantitative estimate of drug-likeness (QED) is 0.761. The summed E-state index contributed by atoms with van der Waals surface area (Å²) in [5.41, 5.74) is 3.38. The predicted molar refractivity (Wildman–Crippen MR) is 78.3 cm³/mol. The maximum absolute atomic E-state index is 7.58. The van der Waals surface area contributed by atoms with E-state index in [2.05, 4.69) is 29.2 Å². The molecule has 0 aromatic heterocycles. The number of rotatable bonds is 2. The second-order valence-electron chi connectivity index (χ2n) is 4.65. The Bertz CT molecular complexity index is 591. The maximum atomic E-state index is 7.58. The van der Waals surface area contributed by atoms with Crippen molar-refractivity contribution in [3.63, 3.8) is 0 Å². The SMILES string of the molecule is [2H]c1ccc(-c2cccc(N3CCCC3)c2)c(Cl)c1. The molecule has 1 aliphatic heterocycles. The van der Waals surface area contributed by atoms with Gasteiger partial charge >= 0.3 is 0 Å². The van der Waals surface area contributed by atoms with E-state index in [0.29, 0.717) is 11.1 Å². The predicted octanol–water partition coefficient (Wildman–Crippen LogP) is 4.61. The van der Waals surface area contributed by atoms with Crippen LogP contribution in [-0.4, -0.2) is 13.1 Å². The minimum absolute atomic E-state index is 0.449. The van der Waals surface area contributed by atoms with Crippen LogP contribution in [0.4, 0.5) is 5.69 Å². The van der Waals surface area contributed by atoms with Crippen LogP contribution in [0.3, 0.4) is 0 Å². The molecule has 2 aromatic rings. The normalized spacial score (nSPS) is 15.8. The van der Waals surface area contributed by atoms with Gasteiger partial charge in [0.2, 0.25) is 0 Å². The van der Waals surface area contributed by atoms with E-state index in [-0.39, 0.29) is 0 Å². The molecule has 0 aliphatic carbocycles. The van der Waals surface area contributed by atoms with Crippen LogP contribution in [0, 0.1) is 0 Å². The molecule has 2 aromatic carbocycles. The molecule has 92 valence electrons. The van der Waals surface area contributed by atoms with E-state index in [1.54, 1.807) is 12.1 Å². The molecule has 18 heavy (non-hydrogen) atoms. The lowest BCUT2D eigenvalue weighted by Gasteiger charge is -2.18. The summed E-state index contributed by atoms with van der Waals surface area (Å²) in [4.78, 5) is 2.41. The summed E-state index contributed by atoms with van der Waals surface area (Å²) in [7, 11) is 0. The highest BCUT2D eigenvalue weighted by Gasteiger charge is 2.13. The number of benzene rings is 2. The molecule has 0 atom stereocenters. The van der Waals surface area contributed by atoms with Crippen LogP contribution >= 0.6 is 11.6 Å². The number of anilines is 1. The summed E-state index contributed by atoms with van der Waals surface area (Å²) < 4.78 is 7.58. The van der Waals surface area contributed by atoms with Crippen molar-refractivity contribution in [2.24, 2.45) is 0 Å². The van der Waals surface area contributed by atoms with Gasteiger partial charge in [-0.25, -0.2) is 0 Å². The van der Waals surface area contributed by atoms with E-state index in [1.807, 2.05) is 6.07 Å². The molecule has 2 heteroatoms. The topological polar surface area (TPSA) is 3.24 Å². The van der Waals surface area contributed by atoms with E-state index in [4.69, 9.17) is 13.0 Å². The van der Waals surface area contributed by atoms with E-state index in [1.165, 1.54) is 18.5 Å². The first-order chi connectivity index (χ1) is 9.24. The van der Waals surface area contributed by atoms with Crippen molar-refractivity contribution in [2.45, 2.75) is 12.8 Å². The van der Waals surface area contributed by atoms with Crippen molar-refractivity contribution in [2.75, 3.05) is 18.0 Å². The first kappa shape index (κ1) is 10.5. The van der Waals surface area contributed by atoms with Crippen molar-refractivity contribution in [3.05, 3.63) is 53.5 Å². The molecule has 1 heterocycles. The Kier molecular flexibility index (Phi) is 2.92. The Labute approximate surface area is 114 Å². The molecule has 0 spiro atoms. The van der Waals surface area contributed by atoms with E-state index >= 15 is 0 Å². The Morgan fingerprint density at radius 2 is 1.89 bits per heavy atom. The number of nitrogens with zero attached hydrogens (tertiary/aromatic N) is 1. The Morgan fingerprint density at radius 3 is 2.67 bits per heavy atom. The molecular formula is C16H16ClN. The Morgan fingerprint density at radius 1 is 1.06 bits per heavy atom. The lowest BCUT2D eigenvalue weighted by molar-refractivity contribution is 0.949. The van der Waals surface area contributed by atoms with E-state index in [9.17, 15) is 0 Å². The fraction of sp³-hybridized carbons (Fsp3) is 0.250. The number of halogens is 1. The average molecular weight is 259 g/mol.